The highest BCUT2D eigenvalue weighted by Gasteiger charge is 2.32. The number of pyridine rings is 1. The van der Waals surface area contributed by atoms with Crippen LogP contribution in [0.3, 0.4) is 0 Å². The Balaban J connectivity index is 1.64. The largest absolute Gasteiger partial charge is 0.451 e. The number of carbonyl (C=O) groups excluding carboxylic acids is 2. The Bertz CT molecular complexity index is 1420. The number of nitrogens with zero attached hydrogens (tertiary/aromatic N) is 6. The van der Waals surface area contributed by atoms with Crippen molar-refractivity contribution in [3.05, 3.63) is 59.7 Å². The third-order valence-corrected chi connectivity index (χ3v) is 5.13. The van der Waals surface area contributed by atoms with Crippen molar-refractivity contribution < 1.29 is 18.7 Å². The molecule has 12 heteroatoms. The van der Waals surface area contributed by atoms with Crippen LogP contribution in [-0.2, 0) is 22.5 Å². The van der Waals surface area contributed by atoms with E-state index in [-0.39, 0.29) is 41.8 Å². The van der Waals surface area contributed by atoms with Crippen molar-refractivity contribution >= 4 is 34.5 Å². The number of halogens is 1. The molecule has 0 atom stereocenters. The number of nitrogens with two attached hydrogens (primary N) is 1. The molecule has 3 N–H and O–H groups in total. The smallest absolute Gasteiger partial charge is 0.433 e. The molecule has 0 spiro atoms. The second-order valence-electron chi connectivity index (χ2n) is 7.22. The van der Waals surface area contributed by atoms with E-state index in [1.54, 1.807) is 41.2 Å². The number of anilines is 2. The van der Waals surface area contributed by atoms with Crippen LogP contribution in [0.2, 0.25) is 0 Å². The lowest BCUT2D eigenvalue weighted by Crippen LogP contribution is -2.51. The molecule has 0 unspecified atom stereocenters. The molecule has 4 heterocycles. The number of hydrogen-bond acceptors (Lipinski definition) is 8. The van der Waals surface area contributed by atoms with Crippen LogP contribution in [-0.4, -0.2) is 43.8 Å². The Kier molecular flexibility index (Phi) is 4.81. The lowest BCUT2D eigenvalue weighted by molar-refractivity contribution is -0.120. The first kappa shape index (κ1) is 20.3. The van der Waals surface area contributed by atoms with Crippen LogP contribution >= 0.6 is 0 Å². The zero-order valence-electron chi connectivity index (χ0n) is 17.3. The molecule has 0 aliphatic carbocycles. The summed E-state index contributed by atoms with van der Waals surface area (Å²) in [5, 5.41) is 6.07. The summed E-state index contributed by atoms with van der Waals surface area (Å²) in [5.74, 6) is -0.715. The van der Waals surface area contributed by atoms with Gasteiger partial charge in [0.05, 0.1) is 31.2 Å². The van der Waals surface area contributed by atoms with Gasteiger partial charge in [0.25, 0.3) is 0 Å². The number of rotatable bonds is 3. The van der Waals surface area contributed by atoms with Gasteiger partial charge in [-0.15, -0.1) is 0 Å². The number of ether oxygens (including phenoxy) is 1. The highest BCUT2D eigenvalue weighted by atomic mass is 19.1. The van der Waals surface area contributed by atoms with E-state index in [4.69, 9.17) is 10.5 Å². The second-order valence-corrected chi connectivity index (χ2v) is 7.22. The number of hydrogen-bond donors (Lipinski definition) is 2. The van der Waals surface area contributed by atoms with Gasteiger partial charge in [0.2, 0.25) is 5.91 Å². The SMILES string of the molecule is COC(=O)N1NC(=O)Cc2nc(-c3nn(Cc4ccccc4F)c4ncccc34)nc(N)c21. The molecule has 1 aliphatic heterocycles. The minimum absolute atomic E-state index is 0.0407. The van der Waals surface area contributed by atoms with Gasteiger partial charge in [-0.2, -0.15) is 10.1 Å². The number of aromatic nitrogens is 5. The molecule has 0 bridgehead atoms. The van der Waals surface area contributed by atoms with E-state index in [0.29, 0.717) is 22.3 Å². The Hall–Kier alpha value is -4.61. The normalized spacial score (nSPS) is 13.0. The fraction of sp³-hybridized carbons (Fsp3) is 0.143. The Morgan fingerprint density at radius 3 is 2.85 bits per heavy atom. The topological polar surface area (TPSA) is 141 Å². The number of nitrogens with one attached hydrogen (secondary N) is 1. The molecule has 3 aromatic heterocycles. The van der Waals surface area contributed by atoms with Crippen molar-refractivity contribution in [2.24, 2.45) is 0 Å². The van der Waals surface area contributed by atoms with E-state index in [2.05, 4.69) is 25.5 Å². The standard InChI is InChI=1S/C21H17FN8O3/c1-33-21(32)30-17-14(9-15(31)27-30)25-19(26-18(17)23)16-12-6-4-8-24-20(12)29(28-16)10-11-5-2-3-7-13(11)22/h2-8H,9-10H2,1H3,(H,27,31)(H2,23,25,26). The molecule has 5 rings (SSSR count). The summed E-state index contributed by atoms with van der Waals surface area (Å²) in [6.07, 6.45) is 0.650. The van der Waals surface area contributed by atoms with E-state index in [1.165, 1.54) is 13.2 Å². The Morgan fingerprint density at radius 2 is 2.06 bits per heavy atom. The monoisotopic (exact) mass is 448 g/mol. The molecule has 0 saturated heterocycles. The molecule has 0 saturated carbocycles. The van der Waals surface area contributed by atoms with Crippen molar-refractivity contribution in [1.82, 2.24) is 30.2 Å². The average molecular weight is 448 g/mol. The number of fused-ring (bicyclic) bond motifs is 2. The first-order valence-corrected chi connectivity index (χ1v) is 9.85. The van der Waals surface area contributed by atoms with Crippen LogP contribution in [0.1, 0.15) is 11.3 Å². The molecule has 11 nitrogen and oxygen atoms in total. The van der Waals surface area contributed by atoms with Gasteiger partial charge in [0, 0.05) is 11.8 Å². The summed E-state index contributed by atoms with van der Waals surface area (Å²) in [7, 11) is 1.18. The maximum absolute atomic E-state index is 14.2. The lowest BCUT2D eigenvalue weighted by atomic mass is 10.1. The highest BCUT2D eigenvalue weighted by molar-refractivity contribution is 6.00. The number of amides is 2. The van der Waals surface area contributed by atoms with Crippen molar-refractivity contribution in [3.8, 4) is 11.5 Å². The van der Waals surface area contributed by atoms with Crippen molar-refractivity contribution in [2.45, 2.75) is 13.0 Å². The molecule has 0 radical (unpaired) electrons. The average Bonchev–Trinajstić information content (AvgIpc) is 3.17. The van der Waals surface area contributed by atoms with Gasteiger partial charge in [0.15, 0.2) is 17.3 Å². The highest BCUT2D eigenvalue weighted by Crippen LogP contribution is 2.32. The van der Waals surface area contributed by atoms with Gasteiger partial charge in [-0.3, -0.25) is 10.2 Å². The molecular weight excluding hydrogens is 431 g/mol. The van der Waals surface area contributed by atoms with Crippen LogP contribution < -0.4 is 16.2 Å². The fourth-order valence-corrected chi connectivity index (χ4v) is 3.67. The second kappa shape index (κ2) is 7.82. The summed E-state index contributed by atoms with van der Waals surface area (Å²) in [5.41, 5.74) is 10.2. The maximum Gasteiger partial charge on any atom is 0.433 e. The minimum Gasteiger partial charge on any atom is -0.451 e. The number of nitrogen functional groups attached to an aromatic ring is 1. The summed E-state index contributed by atoms with van der Waals surface area (Å²) in [6.45, 7) is 0.138. The van der Waals surface area contributed by atoms with Gasteiger partial charge in [0.1, 0.15) is 17.2 Å². The van der Waals surface area contributed by atoms with Crippen molar-refractivity contribution in [2.75, 3.05) is 17.9 Å². The lowest BCUT2D eigenvalue weighted by Gasteiger charge is -2.28. The number of carbonyl (C=O) groups is 2. The molecule has 1 aliphatic rings. The van der Waals surface area contributed by atoms with Crippen LogP contribution in [0.5, 0.6) is 0 Å². The zero-order valence-corrected chi connectivity index (χ0v) is 17.3. The van der Waals surface area contributed by atoms with E-state index < -0.39 is 12.0 Å². The Labute approximate surface area is 186 Å². The molecule has 1 aromatic carbocycles. The third-order valence-electron chi connectivity index (χ3n) is 5.13. The van der Waals surface area contributed by atoms with E-state index in [0.717, 1.165) is 5.01 Å². The van der Waals surface area contributed by atoms with Crippen LogP contribution in [0, 0.1) is 5.82 Å². The fourth-order valence-electron chi connectivity index (χ4n) is 3.67. The van der Waals surface area contributed by atoms with Crippen molar-refractivity contribution in [1.29, 1.82) is 0 Å². The number of hydrazine groups is 1. The van der Waals surface area contributed by atoms with Crippen LogP contribution in [0.4, 0.5) is 20.7 Å². The van der Waals surface area contributed by atoms with Gasteiger partial charge < -0.3 is 10.5 Å². The zero-order chi connectivity index (χ0) is 23.1. The molecule has 4 aromatic rings. The Morgan fingerprint density at radius 1 is 1.24 bits per heavy atom. The van der Waals surface area contributed by atoms with E-state index in [9.17, 15) is 14.0 Å². The number of benzene rings is 1. The number of methoxy groups -OCH3 is 1. The summed E-state index contributed by atoms with van der Waals surface area (Å²) in [6, 6.07) is 9.91. The third kappa shape index (κ3) is 3.46. The molecular formula is C21H17FN8O3. The van der Waals surface area contributed by atoms with Gasteiger partial charge in [-0.05, 0) is 18.2 Å². The quantitative estimate of drug-likeness (QED) is 0.483. The predicted molar refractivity (Wildman–Crippen MR) is 115 cm³/mol. The van der Waals surface area contributed by atoms with Crippen molar-refractivity contribution in [3.63, 3.8) is 0 Å². The summed E-state index contributed by atoms with van der Waals surface area (Å²) >= 11 is 0. The van der Waals surface area contributed by atoms with Crippen LogP contribution in [0.15, 0.2) is 42.6 Å². The van der Waals surface area contributed by atoms with E-state index >= 15 is 0 Å². The van der Waals surface area contributed by atoms with Gasteiger partial charge in [-0.1, -0.05) is 18.2 Å². The van der Waals surface area contributed by atoms with E-state index in [1.807, 2.05) is 0 Å². The molecule has 166 valence electrons. The van der Waals surface area contributed by atoms with Gasteiger partial charge in [-0.25, -0.2) is 28.8 Å². The summed E-state index contributed by atoms with van der Waals surface area (Å²) < 4.78 is 20.5. The maximum atomic E-state index is 14.2. The molecule has 0 fully saturated rings. The summed E-state index contributed by atoms with van der Waals surface area (Å²) in [4.78, 5) is 37.4. The van der Waals surface area contributed by atoms with Gasteiger partial charge >= 0.3 is 6.09 Å². The minimum atomic E-state index is -0.837. The predicted octanol–water partition coefficient (Wildman–Crippen LogP) is 1.82. The molecule has 2 amide bonds. The molecule has 33 heavy (non-hydrogen) atoms. The first-order valence-electron chi connectivity index (χ1n) is 9.85. The first-order chi connectivity index (χ1) is 16.0. The van der Waals surface area contributed by atoms with Crippen LogP contribution in [0.25, 0.3) is 22.6 Å².